The second kappa shape index (κ2) is 11.0. The number of benzene rings is 2. The highest BCUT2D eigenvalue weighted by molar-refractivity contribution is 7.08. The molecule has 5 heteroatoms. The average Bonchev–Trinajstić information content (AvgIpc) is 3.27. The van der Waals surface area contributed by atoms with Gasteiger partial charge in [0.15, 0.2) is 0 Å². The Hall–Kier alpha value is -3.18. The molecule has 2 amide bonds. The average molecular weight is 405 g/mol. The van der Waals surface area contributed by atoms with Gasteiger partial charge in [-0.25, -0.2) is 0 Å². The first kappa shape index (κ1) is 20.6. The maximum atomic E-state index is 12.7. The molecule has 0 saturated heterocycles. The fourth-order valence-corrected chi connectivity index (χ4v) is 3.50. The van der Waals surface area contributed by atoms with E-state index < -0.39 is 0 Å². The van der Waals surface area contributed by atoms with Crippen LogP contribution in [0.3, 0.4) is 0 Å². The molecule has 0 saturated carbocycles. The van der Waals surface area contributed by atoms with Crippen LogP contribution in [0.1, 0.15) is 16.7 Å². The summed E-state index contributed by atoms with van der Waals surface area (Å²) in [7, 11) is 0. The second-order valence-electron chi connectivity index (χ2n) is 6.60. The lowest BCUT2D eigenvalue weighted by atomic mass is 10.1. The Balaban J connectivity index is 1.59. The standard InChI is InChI=1S/C24H24N2O2S/c27-23(25-14-11-19-7-3-1-4-8-19)22(17-21-13-16-29-18-21)24(28)26-15-12-20-9-5-2-6-10-20/h1-10,13,16-18H,11-12,14-15H2,(H,25,27)(H,26,28). The predicted molar refractivity (Wildman–Crippen MR) is 119 cm³/mol. The number of hydrogen-bond donors (Lipinski definition) is 2. The van der Waals surface area contributed by atoms with Gasteiger partial charge in [0, 0.05) is 13.1 Å². The van der Waals surface area contributed by atoms with Gasteiger partial charge in [-0.1, -0.05) is 60.7 Å². The molecule has 0 aliphatic rings. The minimum absolute atomic E-state index is 0.129. The van der Waals surface area contributed by atoms with Gasteiger partial charge in [0.05, 0.1) is 0 Å². The molecule has 0 spiro atoms. The van der Waals surface area contributed by atoms with Crippen LogP contribution in [-0.2, 0) is 22.4 Å². The summed E-state index contributed by atoms with van der Waals surface area (Å²) in [6.45, 7) is 0.947. The first-order valence-corrected chi connectivity index (χ1v) is 10.5. The van der Waals surface area contributed by atoms with Crippen LogP contribution in [0.2, 0.25) is 0 Å². The van der Waals surface area contributed by atoms with Crippen LogP contribution in [-0.4, -0.2) is 24.9 Å². The van der Waals surface area contributed by atoms with Crippen molar-refractivity contribution in [2.75, 3.05) is 13.1 Å². The molecule has 3 rings (SSSR count). The SMILES string of the molecule is O=C(NCCc1ccccc1)C(=Cc1ccsc1)C(=O)NCCc1ccccc1. The zero-order valence-corrected chi connectivity index (χ0v) is 17.0. The molecule has 0 fully saturated rings. The third-order valence-electron chi connectivity index (χ3n) is 4.43. The Morgan fingerprint density at radius 3 is 1.72 bits per heavy atom. The summed E-state index contributed by atoms with van der Waals surface area (Å²) >= 11 is 1.53. The lowest BCUT2D eigenvalue weighted by Gasteiger charge is -2.10. The van der Waals surface area contributed by atoms with Crippen molar-refractivity contribution in [3.63, 3.8) is 0 Å². The van der Waals surface area contributed by atoms with Crippen LogP contribution < -0.4 is 10.6 Å². The fourth-order valence-electron chi connectivity index (χ4n) is 2.88. The minimum Gasteiger partial charge on any atom is -0.352 e. The molecule has 0 atom stereocenters. The van der Waals surface area contributed by atoms with Gasteiger partial charge in [-0.15, -0.1) is 0 Å². The Morgan fingerprint density at radius 1 is 0.759 bits per heavy atom. The van der Waals surface area contributed by atoms with E-state index in [0.717, 1.165) is 16.7 Å². The third kappa shape index (κ3) is 6.73. The van der Waals surface area contributed by atoms with E-state index in [2.05, 4.69) is 10.6 Å². The van der Waals surface area contributed by atoms with Crippen LogP contribution in [0.4, 0.5) is 0 Å². The molecule has 1 aromatic heterocycles. The largest absolute Gasteiger partial charge is 0.352 e. The summed E-state index contributed by atoms with van der Waals surface area (Å²) in [6.07, 6.45) is 3.08. The normalized spacial score (nSPS) is 10.2. The van der Waals surface area contributed by atoms with Crippen molar-refractivity contribution in [3.05, 3.63) is 99.8 Å². The Kier molecular flexibility index (Phi) is 7.78. The van der Waals surface area contributed by atoms with Gasteiger partial charge in [-0.3, -0.25) is 9.59 Å². The van der Waals surface area contributed by atoms with E-state index in [1.54, 1.807) is 6.08 Å². The summed E-state index contributed by atoms with van der Waals surface area (Å²) in [5.74, 6) is -0.714. The number of amides is 2. The molecular weight excluding hydrogens is 380 g/mol. The summed E-state index contributed by atoms with van der Waals surface area (Å²) in [6, 6.07) is 21.8. The van der Waals surface area contributed by atoms with Gasteiger partial charge in [0.2, 0.25) is 0 Å². The van der Waals surface area contributed by atoms with Gasteiger partial charge in [0.1, 0.15) is 5.57 Å². The smallest absolute Gasteiger partial charge is 0.256 e. The molecule has 1 heterocycles. The number of rotatable bonds is 9. The van der Waals surface area contributed by atoms with Crippen LogP contribution >= 0.6 is 11.3 Å². The first-order chi connectivity index (χ1) is 14.2. The number of carbonyl (C=O) groups excluding carboxylic acids is 2. The van der Waals surface area contributed by atoms with E-state index in [0.29, 0.717) is 25.9 Å². The fraction of sp³-hybridized carbons (Fsp3) is 0.167. The highest BCUT2D eigenvalue weighted by Crippen LogP contribution is 2.12. The van der Waals surface area contributed by atoms with Crippen molar-refractivity contribution >= 4 is 29.2 Å². The molecule has 0 aliphatic heterocycles. The molecule has 0 radical (unpaired) electrons. The van der Waals surface area contributed by atoms with E-state index in [1.807, 2.05) is 77.5 Å². The van der Waals surface area contributed by atoms with Gasteiger partial charge in [-0.2, -0.15) is 11.3 Å². The predicted octanol–water partition coefficient (Wildman–Crippen LogP) is 3.85. The lowest BCUT2D eigenvalue weighted by Crippen LogP contribution is -2.36. The number of hydrogen-bond acceptors (Lipinski definition) is 3. The molecule has 148 valence electrons. The molecule has 29 heavy (non-hydrogen) atoms. The zero-order valence-electron chi connectivity index (χ0n) is 16.1. The summed E-state index contributed by atoms with van der Waals surface area (Å²) in [5, 5.41) is 9.57. The van der Waals surface area contributed by atoms with E-state index in [4.69, 9.17) is 0 Å². The van der Waals surface area contributed by atoms with Crippen LogP contribution in [0.5, 0.6) is 0 Å². The third-order valence-corrected chi connectivity index (χ3v) is 5.13. The van der Waals surface area contributed by atoms with Gasteiger partial charge in [0.25, 0.3) is 11.8 Å². The van der Waals surface area contributed by atoms with Crippen molar-refractivity contribution in [2.24, 2.45) is 0 Å². The molecule has 2 N–H and O–H groups in total. The molecular formula is C24H24N2O2S. The monoisotopic (exact) mass is 404 g/mol. The quantitative estimate of drug-likeness (QED) is 0.323. The molecule has 3 aromatic rings. The van der Waals surface area contributed by atoms with Gasteiger partial charge >= 0.3 is 0 Å². The number of nitrogens with one attached hydrogen (secondary N) is 2. The van der Waals surface area contributed by atoms with Crippen LogP contribution in [0, 0.1) is 0 Å². The Morgan fingerprint density at radius 2 is 1.28 bits per heavy atom. The van der Waals surface area contributed by atoms with Crippen molar-refractivity contribution < 1.29 is 9.59 Å². The van der Waals surface area contributed by atoms with Crippen molar-refractivity contribution in [2.45, 2.75) is 12.8 Å². The topological polar surface area (TPSA) is 58.2 Å². The van der Waals surface area contributed by atoms with Crippen LogP contribution in [0.15, 0.2) is 83.1 Å². The van der Waals surface area contributed by atoms with E-state index in [-0.39, 0.29) is 17.4 Å². The van der Waals surface area contributed by atoms with Gasteiger partial charge < -0.3 is 10.6 Å². The highest BCUT2D eigenvalue weighted by Gasteiger charge is 2.18. The lowest BCUT2D eigenvalue weighted by molar-refractivity contribution is -0.123. The number of thiophene rings is 1. The van der Waals surface area contributed by atoms with E-state index in [1.165, 1.54) is 11.3 Å². The molecule has 2 aromatic carbocycles. The summed E-state index contributed by atoms with van der Waals surface area (Å²) in [4.78, 5) is 25.4. The maximum Gasteiger partial charge on any atom is 0.256 e. The summed E-state index contributed by atoms with van der Waals surface area (Å²) in [5.41, 5.74) is 3.26. The Bertz CT molecular complexity index is 876. The molecule has 0 aliphatic carbocycles. The first-order valence-electron chi connectivity index (χ1n) is 9.60. The van der Waals surface area contributed by atoms with Crippen molar-refractivity contribution in [1.82, 2.24) is 10.6 Å². The molecule has 0 unspecified atom stereocenters. The van der Waals surface area contributed by atoms with Crippen molar-refractivity contribution in [3.8, 4) is 0 Å². The van der Waals surface area contributed by atoms with E-state index >= 15 is 0 Å². The zero-order chi connectivity index (χ0) is 20.3. The summed E-state index contributed by atoms with van der Waals surface area (Å²) < 4.78 is 0. The number of carbonyl (C=O) groups is 2. The van der Waals surface area contributed by atoms with E-state index in [9.17, 15) is 9.59 Å². The maximum absolute atomic E-state index is 12.7. The van der Waals surface area contributed by atoms with Crippen LogP contribution in [0.25, 0.3) is 6.08 Å². The minimum atomic E-state index is -0.357. The van der Waals surface area contributed by atoms with Gasteiger partial charge in [-0.05, 0) is 52.4 Å². The highest BCUT2D eigenvalue weighted by atomic mass is 32.1. The molecule has 0 bridgehead atoms. The van der Waals surface area contributed by atoms with Crippen molar-refractivity contribution in [1.29, 1.82) is 0 Å². The second-order valence-corrected chi connectivity index (χ2v) is 7.38. The Labute approximate surface area is 175 Å². The molecule has 4 nitrogen and oxygen atoms in total.